The van der Waals surface area contributed by atoms with E-state index >= 15 is 0 Å². The summed E-state index contributed by atoms with van der Waals surface area (Å²) < 4.78 is 5.37. The van der Waals surface area contributed by atoms with Gasteiger partial charge in [0.15, 0.2) is 0 Å². The maximum absolute atomic E-state index is 12.1. The van der Waals surface area contributed by atoms with E-state index in [4.69, 9.17) is 4.74 Å². The van der Waals surface area contributed by atoms with Crippen LogP contribution in [0.15, 0.2) is 18.7 Å². The number of carbonyl (C=O) groups is 1. The van der Waals surface area contributed by atoms with Crippen molar-refractivity contribution in [1.29, 1.82) is 0 Å². The molecule has 0 bridgehead atoms. The van der Waals surface area contributed by atoms with Crippen LogP contribution >= 0.6 is 0 Å². The minimum Gasteiger partial charge on any atom is -0.444 e. The van der Waals surface area contributed by atoms with Crippen LogP contribution < -0.4 is 10.6 Å². The molecule has 110 valence electrons. The number of aromatic nitrogens is 2. The standard InChI is InChI=1S/C14H22N4O2/c1-13(2,3)20-12(19)18-14(5-4-6-15-9-14)11-7-16-10-17-8-11/h7-8,10,15H,4-6,9H2,1-3H3,(H,18,19). The van der Waals surface area contributed by atoms with Crippen LogP contribution in [0, 0.1) is 0 Å². The lowest BCUT2D eigenvalue weighted by Crippen LogP contribution is -2.56. The molecule has 1 saturated heterocycles. The third kappa shape index (κ3) is 3.66. The molecule has 20 heavy (non-hydrogen) atoms. The second-order valence-corrected chi connectivity index (χ2v) is 6.12. The van der Waals surface area contributed by atoms with Crippen molar-refractivity contribution in [3.8, 4) is 0 Å². The third-order valence-electron chi connectivity index (χ3n) is 3.24. The summed E-state index contributed by atoms with van der Waals surface area (Å²) >= 11 is 0. The Hall–Kier alpha value is -1.69. The van der Waals surface area contributed by atoms with Crippen molar-refractivity contribution in [3.05, 3.63) is 24.3 Å². The molecule has 0 radical (unpaired) electrons. The zero-order chi connectivity index (χ0) is 14.6. The zero-order valence-electron chi connectivity index (χ0n) is 12.3. The van der Waals surface area contributed by atoms with E-state index in [1.807, 2.05) is 20.8 Å². The number of amides is 1. The van der Waals surface area contributed by atoms with Crippen LogP contribution in [0.2, 0.25) is 0 Å². The van der Waals surface area contributed by atoms with Crippen molar-refractivity contribution in [2.75, 3.05) is 13.1 Å². The molecule has 0 saturated carbocycles. The van der Waals surface area contributed by atoms with Crippen LogP contribution in [0.1, 0.15) is 39.2 Å². The van der Waals surface area contributed by atoms with E-state index in [-0.39, 0.29) is 0 Å². The zero-order valence-corrected chi connectivity index (χ0v) is 12.3. The Kier molecular flexibility index (Phi) is 4.23. The van der Waals surface area contributed by atoms with Gasteiger partial charge >= 0.3 is 6.09 Å². The van der Waals surface area contributed by atoms with Gasteiger partial charge in [0.1, 0.15) is 11.9 Å². The number of hydrogen-bond donors (Lipinski definition) is 2. The topological polar surface area (TPSA) is 76.1 Å². The summed E-state index contributed by atoms with van der Waals surface area (Å²) in [7, 11) is 0. The highest BCUT2D eigenvalue weighted by Gasteiger charge is 2.37. The van der Waals surface area contributed by atoms with Gasteiger partial charge in [-0.25, -0.2) is 14.8 Å². The Morgan fingerprint density at radius 3 is 2.65 bits per heavy atom. The molecule has 0 spiro atoms. The largest absolute Gasteiger partial charge is 0.444 e. The number of nitrogens with one attached hydrogen (secondary N) is 2. The fraction of sp³-hybridized carbons (Fsp3) is 0.643. The summed E-state index contributed by atoms with van der Waals surface area (Å²) in [5.74, 6) is 0. The third-order valence-corrected chi connectivity index (χ3v) is 3.24. The number of alkyl carbamates (subject to hydrolysis) is 1. The second-order valence-electron chi connectivity index (χ2n) is 6.12. The van der Waals surface area contributed by atoms with Gasteiger partial charge in [-0.15, -0.1) is 0 Å². The van der Waals surface area contributed by atoms with E-state index in [0.717, 1.165) is 24.9 Å². The normalized spacial score (nSPS) is 23.1. The van der Waals surface area contributed by atoms with Crippen LogP contribution in [0.4, 0.5) is 4.79 Å². The Morgan fingerprint density at radius 2 is 2.10 bits per heavy atom. The van der Waals surface area contributed by atoms with Crippen molar-refractivity contribution >= 4 is 6.09 Å². The molecule has 1 atom stereocenters. The molecule has 1 fully saturated rings. The first kappa shape index (κ1) is 14.7. The molecule has 0 aliphatic carbocycles. The molecule has 2 N–H and O–H groups in total. The van der Waals surface area contributed by atoms with Gasteiger partial charge in [0, 0.05) is 24.5 Å². The van der Waals surface area contributed by atoms with Gasteiger partial charge in [0.25, 0.3) is 0 Å². The van der Waals surface area contributed by atoms with E-state index in [2.05, 4.69) is 20.6 Å². The molecule has 6 heteroatoms. The monoisotopic (exact) mass is 278 g/mol. The van der Waals surface area contributed by atoms with E-state index in [9.17, 15) is 4.79 Å². The number of hydrogen-bond acceptors (Lipinski definition) is 5. The highest BCUT2D eigenvalue weighted by atomic mass is 16.6. The number of rotatable bonds is 2. The summed E-state index contributed by atoms with van der Waals surface area (Å²) in [6.07, 6.45) is 6.39. The molecule has 1 aromatic rings. The van der Waals surface area contributed by atoms with Crippen molar-refractivity contribution in [2.24, 2.45) is 0 Å². The van der Waals surface area contributed by atoms with Gasteiger partial charge in [0.2, 0.25) is 0 Å². The SMILES string of the molecule is CC(C)(C)OC(=O)NC1(c2cncnc2)CCCNC1. The lowest BCUT2D eigenvalue weighted by atomic mass is 9.84. The second kappa shape index (κ2) is 5.75. The van der Waals surface area contributed by atoms with Crippen LogP contribution in [-0.2, 0) is 10.3 Å². The number of ether oxygens (including phenoxy) is 1. The van der Waals surface area contributed by atoms with Crippen molar-refractivity contribution < 1.29 is 9.53 Å². The van der Waals surface area contributed by atoms with Gasteiger partial charge in [-0.1, -0.05) is 0 Å². The quantitative estimate of drug-likeness (QED) is 0.859. The molecule has 2 rings (SSSR count). The van der Waals surface area contributed by atoms with Crippen molar-refractivity contribution in [2.45, 2.75) is 44.8 Å². The highest BCUT2D eigenvalue weighted by molar-refractivity contribution is 5.69. The molecule has 0 aromatic carbocycles. The minimum atomic E-state index is -0.513. The molecular formula is C14H22N4O2. The predicted molar refractivity (Wildman–Crippen MR) is 75.2 cm³/mol. The Bertz CT molecular complexity index is 450. The molecule has 6 nitrogen and oxygen atoms in total. The van der Waals surface area contributed by atoms with Crippen LogP contribution in [0.25, 0.3) is 0 Å². The maximum Gasteiger partial charge on any atom is 0.408 e. The van der Waals surface area contributed by atoms with Crippen molar-refractivity contribution in [1.82, 2.24) is 20.6 Å². The van der Waals surface area contributed by atoms with Gasteiger partial charge in [-0.3, -0.25) is 0 Å². The van der Waals surface area contributed by atoms with Crippen LogP contribution in [-0.4, -0.2) is 34.8 Å². The van der Waals surface area contributed by atoms with Gasteiger partial charge in [-0.05, 0) is 40.2 Å². The molecule has 1 amide bonds. The summed E-state index contributed by atoms with van der Waals surface area (Å²) in [5, 5.41) is 6.32. The lowest BCUT2D eigenvalue weighted by molar-refractivity contribution is 0.0430. The highest BCUT2D eigenvalue weighted by Crippen LogP contribution is 2.28. The predicted octanol–water partition coefficient (Wildman–Crippen LogP) is 1.58. The Labute approximate surface area is 119 Å². The van der Waals surface area contributed by atoms with Crippen LogP contribution in [0.3, 0.4) is 0 Å². The average Bonchev–Trinajstić information content (AvgIpc) is 2.38. The average molecular weight is 278 g/mol. The summed E-state index contributed by atoms with van der Waals surface area (Å²) in [6.45, 7) is 7.16. The first-order chi connectivity index (χ1) is 9.41. The minimum absolute atomic E-state index is 0.412. The first-order valence-corrected chi connectivity index (χ1v) is 6.89. The van der Waals surface area contributed by atoms with Gasteiger partial charge in [-0.2, -0.15) is 0 Å². The molecular weight excluding hydrogens is 256 g/mol. The fourth-order valence-corrected chi connectivity index (χ4v) is 2.38. The molecule has 1 aliphatic rings. The van der Waals surface area contributed by atoms with E-state index < -0.39 is 17.2 Å². The molecule has 1 aromatic heterocycles. The molecule has 2 heterocycles. The van der Waals surface area contributed by atoms with E-state index in [1.165, 1.54) is 6.33 Å². The Morgan fingerprint density at radius 1 is 1.40 bits per heavy atom. The first-order valence-electron chi connectivity index (χ1n) is 6.89. The summed E-state index contributed by atoms with van der Waals surface area (Å²) in [4.78, 5) is 20.2. The van der Waals surface area contributed by atoms with Gasteiger partial charge in [0.05, 0.1) is 5.54 Å². The maximum atomic E-state index is 12.1. The summed E-state index contributed by atoms with van der Waals surface area (Å²) in [6, 6.07) is 0. The fourth-order valence-electron chi connectivity index (χ4n) is 2.38. The molecule has 1 aliphatic heterocycles. The number of piperidine rings is 1. The summed E-state index contributed by atoms with van der Waals surface area (Å²) in [5.41, 5.74) is -0.111. The smallest absolute Gasteiger partial charge is 0.408 e. The Balaban J connectivity index is 2.18. The number of nitrogens with zero attached hydrogens (tertiary/aromatic N) is 2. The number of carbonyl (C=O) groups excluding carboxylic acids is 1. The van der Waals surface area contributed by atoms with E-state index in [0.29, 0.717) is 6.54 Å². The van der Waals surface area contributed by atoms with E-state index in [1.54, 1.807) is 12.4 Å². The van der Waals surface area contributed by atoms with Crippen LogP contribution in [0.5, 0.6) is 0 Å². The van der Waals surface area contributed by atoms with Crippen molar-refractivity contribution in [3.63, 3.8) is 0 Å². The molecule has 1 unspecified atom stereocenters. The lowest BCUT2D eigenvalue weighted by Gasteiger charge is -2.38. The van der Waals surface area contributed by atoms with Gasteiger partial charge < -0.3 is 15.4 Å².